The summed E-state index contributed by atoms with van der Waals surface area (Å²) in [4.78, 5) is 31.0. The van der Waals surface area contributed by atoms with Gasteiger partial charge in [0.25, 0.3) is 11.8 Å². The molecule has 3 heterocycles. The molecule has 1 aliphatic heterocycles. The average molecular weight is 506 g/mol. The number of carbonyl (C=O) groups excluding carboxylic acids is 2. The zero-order valence-electron chi connectivity index (χ0n) is 18.7. The number of aryl methyl sites for hydroxylation is 1. The Hall–Kier alpha value is -3.73. The molecule has 2 aromatic heterocycles. The van der Waals surface area contributed by atoms with Crippen molar-refractivity contribution >= 4 is 29.2 Å². The first kappa shape index (κ1) is 24.4. The van der Waals surface area contributed by atoms with Crippen LogP contribution in [0.4, 0.5) is 14.6 Å². The molecule has 4 rings (SSSR count). The molecule has 2 N–H and O–H groups in total. The molecule has 2 amide bonds. The second-order valence-corrected chi connectivity index (χ2v) is 8.30. The third-order valence-corrected chi connectivity index (χ3v) is 5.42. The zero-order valence-corrected chi connectivity index (χ0v) is 19.4. The maximum atomic E-state index is 13.0. The van der Waals surface area contributed by atoms with Gasteiger partial charge in [-0.1, -0.05) is 11.6 Å². The number of pyridine rings is 1. The molecular weight excluding hydrogens is 484 g/mol. The molecule has 9 nitrogen and oxygen atoms in total. The molecule has 1 fully saturated rings. The van der Waals surface area contributed by atoms with Gasteiger partial charge in [-0.25, -0.2) is 13.8 Å². The number of nitrogens with one attached hydrogen (secondary N) is 2. The van der Waals surface area contributed by atoms with E-state index in [1.807, 2.05) is 0 Å². The fourth-order valence-corrected chi connectivity index (χ4v) is 3.43. The van der Waals surface area contributed by atoms with E-state index in [0.29, 0.717) is 24.5 Å². The lowest BCUT2D eigenvalue weighted by Crippen LogP contribution is -2.42. The monoisotopic (exact) mass is 505 g/mol. The number of alkyl halides is 2. The van der Waals surface area contributed by atoms with Gasteiger partial charge in [0.05, 0.1) is 5.56 Å². The fraction of sp³-hybridized carbons (Fsp3) is 0.304. The minimum Gasteiger partial charge on any atom is -0.485 e. The van der Waals surface area contributed by atoms with Crippen molar-refractivity contribution in [1.82, 2.24) is 20.1 Å². The summed E-state index contributed by atoms with van der Waals surface area (Å²) < 4.78 is 37.1. The van der Waals surface area contributed by atoms with Crippen LogP contribution in [-0.4, -0.2) is 64.4 Å². The van der Waals surface area contributed by atoms with Gasteiger partial charge in [0, 0.05) is 42.7 Å². The summed E-state index contributed by atoms with van der Waals surface area (Å²) in [5.74, 6) is -0.378. The summed E-state index contributed by atoms with van der Waals surface area (Å²) in [5.41, 5.74) is 1.14. The van der Waals surface area contributed by atoms with Crippen LogP contribution in [-0.2, 0) is 0 Å². The molecule has 0 unspecified atom stereocenters. The molecule has 1 aliphatic rings. The summed E-state index contributed by atoms with van der Waals surface area (Å²) in [5, 5.41) is 9.34. The van der Waals surface area contributed by atoms with Crippen molar-refractivity contribution < 1.29 is 27.8 Å². The number of likely N-dealkylation sites (tertiary alicyclic amines) is 1. The highest BCUT2D eigenvalue weighted by molar-refractivity contribution is 6.32. The Morgan fingerprint density at radius 3 is 2.49 bits per heavy atom. The Morgan fingerprint density at radius 2 is 1.89 bits per heavy atom. The van der Waals surface area contributed by atoms with Gasteiger partial charge < -0.3 is 19.7 Å². The Bertz CT molecular complexity index is 1230. The molecule has 35 heavy (non-hydrogen) atoms. The van der Waals surface area contributed by atoms with Gasteiger partial charge in [0.15, 0.2) is 11.9 Å². The van der Waals surface area contributed by atoms with E-state index in [4.69, 9.17) is 21.1 Å². The first-order valence-electron chi connectivity index (χ1n) is 10.8. The highest BCUT2D eigenvalue weighted by Crippen LogP contribution is 2.32. The van der Waals surface area contributed by atoms with Crippen LogP contribution in [0.5, 0.6) is 17.4 Å². The summed E-state index contributed by atoms with van der Waals surface area (Å²) >= 11 is 6.29. The number of amides is 2. The van der Waals surface area contributed by atoms with Crippen molar-refractivity contribution in [3.05, 3.63) is 58.4 Å². The molecule has 0 aliphatic carbocycles. The van der Waals surface area contributed by atoms with E-state index in [1.165, 1.54) is 30.5 Å². The Balaban J connectivity index is 1.59. The lowest BCUT2D eigenvalue weighted by atomic mass is 10.1. The van der Waals surface area contributed by atoms with Crippen LogP contribution >= 0.6 is 11.6 Å². The van der Waals surface area contributed by atoms with Crippen molar-refractivity contribution in [2.24, 2.45) is 0 Å². The summed E-state index contributed by atoms with van der Waals surface area (Å²) in [6.07, 6.45) is 0.954. The van der Waals surface area contributed by atoms with Gasteiger partial charge in [0.1, 0.15) is 29.9 Å². The number of rotatable bonds is 9. The van der Waals surface area contributed by atoms with E-state index in [9.17, 15) is 18.4 Å². The van der Waals surface area contributed by atoms with E-state index >= 15 is 0 Å². The smallest absolute Gasteiger partial charge is 0.257 e. The molecule has 0 atom stereocenters. The molecule has 1 aromatic carbocycles. The van der Waals surface area contributed by atoms with E-state index in [2.05, 4.69) is 20.5 Å². The zero-order chi connectivity index (χ0) is 24.9. The third-order valence-electron chi connectivity index (χ3n) is 5.15. The van der Waals surface area contributed by atoms with Crippen molar-refractivity contribution in [2.45, 2.75) is 19.4 Å². The molecule has 3 aromatic rings. The number of aromatic amines is 1. The molecule has 0 spiro atoms. The van der Waals surface area contributed by atoms with Gasteiger partial charge in [-0.2, -0.15) is 5.10 Å². The standard InChI is InChI=1S/C23H22ClF2N5O4/c1-13-5-20(30-29-13)28-21(32)14-6-16(34-18(10-25)11-26)9-17(7-14)35-22-19(24)8-15(12-27-22)23(33)31-3-2-4-31/h5-9,12,18H,2-4,10-11H2,1H3,(H2,28,29,30,32). The van der Waals surface area contributed by atoms with Crippen molar-refractivity contribution in [3.63, 3.8) is 0 Å². The van der Waals surface area contributed by atoms with Crippen LogP contribution < -0.4 is 14.8 Å². The summed E-state index contributed by atoms with van der Waals surface area (Å²) in [7, 11) is 0. The van der Waals surface area contributed by atoms with E-state index in [0.717, 1.165) is 12.1 Å². The van der Waals surface area contributed by atoms with Crippen LogP contribution in [0.2, 0.25) is 5.02 Å². The molecular formula is C23H22ClF2N5O4. The minimum absolute atomic E-state index is 0.00635. The number of anilines is 1. The third kappa shape index (κ3) is 5.86. The number of halogens is 3. The number of hydrogen-bond acceptors (Lipinski definition) is 6. The van der Waals surface area contributed by atoms with E-state index in [-0.39, 0.29) is 33.9 Å². The number of aromatic nitrogens is 3. The predicted octanol–water partition coefficient (Wildman–Crippen LogP) is 4.34. The fourth-order valence-electron chi connectivity index (χ4n) is 3.23. The van der Waals surface area contributed by atoms with Gasteiger partial charge in [-0.3, -0.25) is 14.7 Å². The number of carbonyl (C=O) groups is 2. The normalized spacial score (nSPS) is 12.9. The molecule has 0 bridgehead atoms. The maximum Gasteiger partial charge on any atom is 0.257 e. The highest BCUT2D eigenvalue weighted by Gasteiger charge is 2.23. The summed E-state index contributed by atoms with van der Waals surface area (Å²) in [6, 6.07) is 7.14. The molecule has 0 saturated carbocycles. The highest BCUT2D eigenvalue weighted by atomic mass is 35.5. The SMILES string of the molecule is Cc1cc(NC(=O)c2cc(Oc3ncc(C(=O)N4CCC4)cc3Cl)cc(OC(CF)CF)c2)n[nH]1. The average Bonchev–Trinajstić information content (AvgIpc) is 3.21. The van der Waals surface area contributed by atoms with Gasteiger partial charge in [0.2, 0.25) is 5.88 Å². The van der Waals surface area contributed by atoms with Crippen molar-refractivity contribution in [2.75, 3.05) is 31.8 Å². The van der Waals surface area contributed by atoms with Crippen LogP contribution in [0.15, 0.2) is 36.5 Å². The van der Waals surface area contributed by atoms with Gasteiger partial charge in [-0.15, -0.1) is 0 Å². The Labute approximate surface area is 204 Å². The van der Waals surface area contributed by atoms with Gasteiger partial charge >= 0.3 is 0 Å². The Morgan fingerprint density at radius 1 is 1.14 bits per heavy atom. The lowest BCUT2D eigenvalue weighted by molar-refractivity contribution is 0.0651. The summed E-state index contributed by atoms with van der Waals surface area (Å²) in [6.45, 7) is 1.02. The van der Waals surface area contributed by atoms with Crippen LogP contribution in [0.1, 0.15) is 32.8 Å². The first-order valence-corrected chi connectivity index (χ1v) is 11.1. The number of nitrogens with zero attached hydrogens (tertiary/aromatic N) is 3. The number of hydrogen-bond donors (Lipinski definition) is 2. The first-order chi connectivity index (χ1) is 16.9. The predicted molar refractivity (Wildman–Crippen MR) is 124 cm³/mol. The van der Waals surface area contributed by atoms with Crippen molar-refractivity contribution in [1.29, 1.82) is 0 Å². The largest absolute Gasteiger partial charge is 0.485 e. The topological polar surface area (TPSA) is 109 Å². The van der Waals surface area contributed by atoms with Crippen LogP contribution in [0.3, 0.4) is 0 Å². The minimum atomic E-state index is -1.34. The second kappa shape index (κ2) is 10.7. The van der Waals surface area contributed by atoms with Gasteiger partial charge in [-0.05, 0) is 31.5 Å². The number of ether oxygens (including phenoxy) is 2. The number of benzene rings is 1. The second-order valence-electron chi connectivity index (χ2n) is 7.89. The van der Waals surface area contributed by atoms with Crippen LogP contribution in [0, 0.1) is 6.92 Å². The quantitative estimate of drug-likeness (QED) is 0.447. The van der Waals surface area contributed by atoms with Crippen LogP contribution in [0.25, 0.3) is 0 Å². The number of H-pyrrole nitrogens is 1. The Kier molecular flexibility index (Phi) is 7.45. The molecule has 184 valence electrons. The van der Waals surface area contributed by atoms with E-state index in [1.54, 1.807) is 17.9 Å². The molecule has 0 radical (unpaired) electrons. The molecule has 12 heteroatoms. The van der Waals surface area contributed by atoms with E-state index < -0.39 is 25.4 Å². The molecule has 1 saturated heterocycles. The van der Waals surface area contributed by atoms with Crippen molar-refractivity contribution in [3.8, 4) is 17.4 Å². The maximum absolute atomic E-state index is 13.0. The lowest BCUT2D eigenvalue weighted by Gasteiger charge is -2.30.